The summed E-state index contributed by atoms with van der Waals surface area (Å²) in [4.78, 5) is 9.19. The lowest BCUT2D eigenvalue weighted by Crippen LogP contribution is -2.27. The van der Waals surface area contributed by atoms with Gasteiger partial charge >= 0.3 is 0 Å². The second-order valence-corrected chi connectivity index (χ2v) is 9.55. The van der Waals surface area contributed by atoms with Gasteiger partial charge in [-0.15, -0.1) is 5.10 Å². The first-order chi connectivity index (χ1) is 18.1. The third-order valence-electron chi connectivity index (χ3n) is 6.74. The van der Waals surface area contributed by atoms with Gasteiger partial charge < -0.3 is 4.74 Å². The number of aromatic nitrogens is 7. The number of tetrazole rings is 1. The fourth-order valence-corrected chi connectivity index (χ4v) is 5.05. The summed E-state index contributed by atoms with van der Waals surface area (Å²) < 4.78 is 37.1. The fraction of sp³-hybridized carbons (Fsp3) is 0.269. The lowest BCUT2D eigenvalue weighted by molar-refractivity contribution is 0.0476. The highest BCUT2D eigenvalue weighted by molar-refractivity contribution is 6.30. The maximum Gasteiger partial charge on any atom is 0.215 e. The molecule has 1 aliphatic rings. The van der Waals surface area contributed by atoms with Gasteiger partial charge in [0.2, 0.25) is 5.88 Å². The van der Waals surface area contributed by atoms with Crippen molar-refractivity contribution in [2.45, 2.75) is 38.3 Å². The molecule has 6 rings (SSSR count). The molecule has 0 radical (unpaired) electrons. The van der Waals surface area contributed by atoms with Crippen LogP contribution in [0, 0.1) is 17.6 Å². The zero-order chi connectivity index (χ0) is 25.4. The number of ether oxygens (including phenoxy) is 1. The average Bonchev–Trinajstić information content (AvgIpc) is 3.58. The number of halogens is 3. The second-order valence-electron chi connectivity index (χ2n) is 9.11. The molecule has 37 heavy (non-hydrogen) atoms. The minimum atomic E-state index is -0.950. The van der Waals surface area contributed by atoms with Crippen LogP contribution >= 0.6 is 11.6 Å². The highest BCUT2D eigenvalue weighted by Crippen LogP contribution is 2.39. The van der Waals surface area contributed by atoms with Crippen molar-refractivity contribution < 1.29 is 13.5 Å². The third-order valence-corrected chi connectivity index (χ3v) is 6.99. The van der Waals surface area contributed by atoms with Crippen LogP contribution < -0.4 is 4.74 Å². The summed E-state index contributed by atoms with van der Waals surface area (Å²) in [5.74, 6) is -0.359. The Morgan fingerprint density at radius 1 is 0.973 bits per heavy atom. The zero-order valence-electron chi connectivity index (χ0n) is 19.6. The quantitative estimate of drug-likeness (QED) is 0.279. The van der Waals surface area contributed by atoms with Crippen molar-refractivity contribution in [2.75, 3.05) is 0 Å². The van der Waals surface area contributed by atoms with Gasteiger partial charge in [0.15, 0.2) is 23.7 Å². The molecule has 0 amide bonds. The van der Waals surface area contributed by atoms with E-state index in [9.17, 15) is 8.78 Å². The summed E-state index contributed by atoms with van der Waals surface area (Å²) in [6.45, 7) is 0. The maximum absolute atomic E-state index is 14.5. The summed E-state index contributed by atoms with van der Waals surface area (Å²) in [6.07, 6.45) is 6.19. The van der Waals surface area contributed by atoms with E-state index in [1.165, 1.54) is 6.07 Å². The van der Waals surface area contributed by atoms with Crippen molar-refractivity contribution in [3.05, 3.63) is 71.4 Å². The minimum absolute atomic E-state index is 0.116. The molecule has 8 nitrogen and oxygen atoms in total. The topological polar surface area (TPSA) is 94.4 Å². The Bertz CT molecular complexity index is 1520. The number of hydrogen-bond acceptors (Lipinski definition) is 6. The van der Waals surface area contributed by atoms with Gasteiger partial charge in [-0.2, -0.15) is 0 Å². The summed E-state index contributed by atoms with van der Waals surface area (Å²) >= 11 is 6.13. The zero-order valence-corrected chi connectivity index (χ0v) is 20.4. The third kappa shape index (κ3) is 4.64. The molecule has 188 valence electrons. The Balaban J connectivity index is 1.48. The molecule has 3 heterocycles. The molecule has 0 bridgehead atoms. The van der Waals surface area contributed by atoms with Crippen molar-refractivity contribution >= 4 is 22.6 Å². The Labute approximate surface area is 215 Å². The molecular weight excluding hydrogens is 500 g/mol. The molecule has 0 spiro atoms. The molecular formula is C26H22ClF2N7O. The van der Waals surface area contributed by atoms with Crippen LogP contribution in [0.5, 0.6) is 5.88 Å². The molecule has 0 aliphatic heterocycles. The summed E-state index contributed by atoms with van der Waals surface area (Å²) in [7, 11) is 0. The lowest BCUT2D eigenvalue weighted by atomic mass is 9.87. The van der Waals surface area contributed by atoms with E-state index in [0.717, 1.165) is 43.7 Å². The Kier molecular flexibility index (Phi) is 6.25. The highest BCUT2D eigenvalue weighted by atomic mass is 35.5. The van der Waals surface area contributed by atoms with Gasteiger partial charge in [-0.25, -0.2) is 23.8 Å². The van der Waals surface area contributed by atoms with Gasteiger partial charge in [-0.05, 0) is 53.6 Å². The standard InChI is InChI=1S/C26H22ClF2N7O/c27-18-9-6-15(7-10-18)25-31-21-12-19(28)20(29)13-22(21)36(25)26(16-4-2-1-3-5-16)37-23-11-8-17(14-30-23)24-32-34-35-33-24/h6-14,16,26H,1-5H2,(H,32,33,34,35). The molecule has 1 aliphatic carbocycles. The van der Waals surface area contributed by atoms with E-state index < -0.39 is 17.9 Å². The predicted molar refractivity (Wildman–Crippen MR) is 134 cm³/mol. The number of rotatable bonds is 6. The minimum Gasteiger partial charge on any atom is -0.453 e. The number of nitrogens with zero attached hydrogens (tertiary/aromatic N) is 6. The van der Waals surface area contributed by atoms with E-state index in [1.807, 2.05) is 22.8 Å². The van der Waals surface area contributed by atoms with Crippen molar-refractivity contribution in [1.82, 2.24) is 35.2 Å². The van der Waals surface area contributed by atoms with E-state index in [4.69, 9.17) is 21.3 Å². The molecule has 11 heteroatoms. The van der Waals surface area contributed by atoms with Crippen LogP contribution in [0.1, 0.15) is 38.3 Å². The summed E-state index contributed by atoms with van der Waals surface area (Å²) in [6, 6.07) is 13.1. The van der Waals surface area contributed by atoms with Gasteiger partial charge in [-0.1, -0.05) is 30.9 Å². The van der Waals surface area contributed by atoms with E-state index in [0.29, 0.717) is 39.1 Å². The van der Waals surface area contributed by atoms with Crippen LogP contribution in [0.2, 0.25) is 5.02 Å². The lowest BCUT2D eigenvalue weighted by Gasteiger charge is -2.32. The van der Waals surface area contributed by atoms with Gasteiger partial charge in [0, 0.05) is 46.5 Å². The van der Waals surface area contributed by atoms with Crippen LogP contribution in [0.15, 0.2) is 54.7 Å². The number of fused-ring (bicyclic) bond motifs is 1. The van der Waals surface area contributed by atoms with Crippen LogP contribution in [-0.4, -0.2) is 35.2 Å². The molecule has 1 fully saturated rings. The first-order valence-electron chi connectivity index (χ1n) is 12.1. The first-order valence-corrected chi connectivity index (χ1v) is 12.4. The van der Waals surface area contributed by atoms with Crippen LogP contribution in [0.25, 0.3) is 33.8 Å². The molecule has 5 aromatic rings. The smallest absolute Gasteiger partial charge is 0.215 e. The molecule has 2 aromatic carbocycles. The van der Waals surface area contributed by atoms with E-state index in [2.05, 4.69) is 25.6 Å². The van der Waals surface area contributed by atoms with Crippen LogP contribution in [-0.2, 0) is 0 Å². The van der Waals surface area contributed by atoms with Gasteiger partial charge in [0.1, 0.15) is 5.82 Å². The van der Waals surface area contributed by atoms with E-state index in [1.54, 1.807) is 24.4 Å². The van der Waals surface area contributed by atoms with Gasteiger partial charge in [0.05, 0.1) is 11.0 Å². The second kappa shape index (κ2) is 9.85. The number of aromatic amines is 1. The maximum atomic E-state index is 14.5. The van der Waals surface area contributed by atoms with Crippen LogP contribution in [0.3, 0.4) is 0 Å². The average molecular weight is 522 g/mol. The van der Waals surface area contributed by atoms with E-state index >= 15 is 0 Å². The van der Waals surface area contributed by atoms with Crippen molar-refractivity contribution in [3.8, 4) is 28.7 Å². The van der Waals surface area contributed by atoms with Crippen molar-refractivity contribution in [3.63, 3.8) is 0 Å². The molecule has 1 saturated carbocycles. The van der Waals surface area contributed by atoms with Crippen molar-refractivity contribution in [2.24, 2.45) is 5.92 Å². The Morgan fingerprint density at radius 3 is 2.43 bits per heavy atom. The molecule has 1 unspecified atom stereocenters. The monoisotopic (exact) mass is 521 g/mol. The number of benzene rings is 2. The number of hydrogen-bond donors (Lipinski definition) is 1. The first kappa shape index (κ1) is 23.5. The van der Waals surface area contributed by atoms with Crippen LogP contribution in [0.4, 0.5) is 8.78 Å². The fourth-order valence-electron chi connectivity index (χ4n) is 4.92. The largest absolute Gasteiger partial charge is 0.453 e. The molecule has 3 aromatic heterocycles. The highest BCUT2D eigenvalue weighted by Gasteiger charge is 2.31. The number of nitrogens with one attached hydrogen (secondary N) is 1. The molecule has 1 atom stereocenters. The summed E-state index contributed by atoms with van der Waals surface area (Å²) in [5.41, 5.74) is 2.25. The normalized spacial score (nSPS) is 15.2. The number of imidazole rings is 1. The SMILES string of the molecule is Fc1cc2nc(-c3ccc(Cl)cc3)n(C(Oc3ccc(-c4nnn[nH]4)cn3)C3CCCCC3)c2cc1F. The number of pyridine rings is 1. The van der Waals surface area contributed by atoms with Crippen molar-refractivity contribution in [1.29, 1.82) is 0 Å². The van der Waals surface area contributed by atoms with Gasteiger partial charge in [0.25, 0.3) is 0 Å². The Hall–Kier alpha value is -3.92. The Morgan fingerprint density at radius 2 is 1.73 bits per heavy atom. The summed E-state index contributed by atoms with van der Waals surface area (Å²) in [5, 5.41) is 14.4. The predicted octanol–water partition coefficient (Wildman–Crippen LogP) is 6.37. The molecule has 1 N–H and O–H groups in total. The van der Waals surface area contributed by atoms with E-state index in [-0.39, 0.29) is 5.92 Å². The molecule has 0 saturated heterocycles. The number of H-pyrrole nitrogens is 1. The van der Waals surface area contributed by atoms with Gasteiger partial charge in [-0.3, -0.25) is 4.57 Å².